The molecular weight excluding hydrogens is 124 g/mol. The standard InChI is InChI=1S/C9H17O/c1-4-6-8-9(10-3)7-5-2/h2,5,9H,4,6-8H2,1,3H3. The summed E-state index contributed by atoms with van der Waals surface area (Å²) in [6.45, 7) is 7.45. The number of rotatable bonds is 6. The van der Waals surface area contributed by atoms with Gasteiger partial charge in [0.25, 0.3) is 0 Å². The maximum atomic E-state index is 5.27. The minimum absolute atomic E-state index is 0.338. The summed E-state index contributed by atoms with van der Waals surface area (Å²) in [5.41, 5.74) is 0. The molecule has 0 amide bonds. The summed E-state index contributed by atoms with van der Waals surface area (Å²) in [6.07, 6.45) is 6.46. The van der Waals surface area contributed by atoms with Crippen molar-refractivity contribution in [3.05, 3.63) is 12.7 Å². The van der Waals surface area contributed by atoms with Crippen LogP contribution in [-0.2, 0) is 4.74 Å². The Balaban J connectivity index is 3.29. The average Bonchev–Trinajstić information content (AvgIpc) is 1.98. The van der Waals surface area contributed by atoms with E-state index < -0.39 is 0 Å². The summed E-state index contributed by atoms with van der Waals surface area (Å²) >= 11 is 0. The van der Waals surface area contributed by atoms with Gasteiger partial charge in [-0.15, -0.1) is 0 Å². The fourth-order valence-electron chi connectivity index (χ4n) is 0.916. The lowest BCUT2D eigenvalue weighted by Gasteiger charge is -2.11. The second kappa shape index (κ2) is 6.81. The van der Waals surface area contributed by atoms with Crippen molar-refractivity contribution in [3.8, 4) is 0 Å². The molecular formula is C9H17O. The fraction of sp³-hybridized carbons (Fsp3) is 0.778. The van der Waals surface area contributed by atoms with E-state index in [9.17, 15) is 0 Å². The Hall–Kier alpha value is -0.300. The van der Waals surface area contributed by atoms with E-state index in [2.05, 4.69) is 6.92 Å². The van der Waals surface area contributed by atoms with Gasteiger partial charge in [-0.3, -0.25) is 0 Å². The Labute approximate surface area is 64.1 Å². The Morgan fingerprint density at radius 2 is 2.30 bits per heavy atom. The summed E-state index contributed by atoms with van der Waals surface area (Å²) in [7, 11) is 1.74. The topological polar surface area (TPSA) is 9.23 Å². The maximum absolute atomic E-state index is 5.27. The van der Waals surface area contributed by atoms with Crippen molar-refractivity contribution in [2.24, 2.45) is 0 Å². The lowest BCUT2D eigenvalue weighted by Crippen LogP contribution is -2.08. The number of ether oxygens (including phenoxy) is 1. The van der Waals surface area contributed by atoms with Crippen LogP contribution in [0.1, 0.15) is 32.6 Å². The largest absolute Gasteiger partial charge is 0.381 e. The van der Waals surface area contributed by atoms with Crippen molar-refractivity contribution in [3.63, 3.8) is 0 Å². The molecule has 0 aliphatic rings. The molecule has 0 saturated carbocycles. The van der Waals surface area contributed by atoms with Gasteiger partial charge in [-0.2, -0.15) is 0 Å². The highest BCUT2D eigenvalue weighted by Gasteiger charge is 2.02. The van der Waals surface area contributed by atoms with E-state index in [4.69, 9.17) is 11.3 Å². The molecule has 1 nitrogen and oxygen atoms in total. The van der Waals surface area contributed by atoms with Crippen LogP contribution in [0.5, 0.6) is 0 Å². The van der Waals surface area contributed by atoms with E-state index in [0.29, 0.717) is 6.10 Å². The maximum Gasteiger partial charge on any atom is 0.0605 e. The van der Waals surface area contributed by atoms with Gasteiger partial charge in [0.05, 0.1) is 6.10 Å². The third-order valence-corrected chi connectivity index (χ3v) is 1.61. The quantitative estimate of drug-likeness (QED) is 0.552. The third kappa shape index (κ3) is 4.57. The first-order chi connectivity index (χ1) is 4.85. The molecule has 1 radical (unpaired) electrons. The van der Waals surface area contributed by atoms with Crippen LogP contribution in [0.4, 0.5) is 0 Å². The molecule has 0 aromatic heterocycles. The van der Waals surface area contributed by atoms with Gasteiger partial charge in [0.1, 0.15) is 0 Å². The molecule has 0 aromatic carbocycles. The second-order valence-corrected chi connectivity index (χ2v) is 2.47. The molecule has 0 aromatic rings. The van der Waals surface area contributed by atoms with Gasteiger partial charge in [0.15, 0.2) is 0 Å². The molecule has 0 heterocycles. The highest BCUT2D eigenvalue weighted by Crippen LogP contribution is 2.07. The Bertz CT molecular complexity index is 78.8. The van der Waals surface area contributed by atoms with E-state index in [-0.39, 0.29) is 0 Å². The normalized spacial score (nSPS) is 13.0. The smallest absolute Gasteiger partial charge is 0.0605 e. The van der Waals surface area contributed by atoms with Crippen molar-refractivity contribution in [1.82, 2.24) is 0 Å². The summed E-state index contributed by atoms with van der Waals surface area (Å²) < 4.78 is 5.18. The summed E-state index contributed by atoms with van der Waals surface area (Å²) in [4.78, 5) is 0. The molecule has 1 unspecified atom stereocenters. The van der Waals surface area contributed by atoms with Crippen molar-refractivity contribution in [1.29, 1.82) is 0 Å². The Morgan fingerprint density at radius 3 is 2.70 bits per heavy atom. The van der Waals surface area contributed by atoms with Crippen LogP contribution < -0.4 is 0 Å². The molecule has 0 spiro atoms. The molecule has 0 saturated heterocycles. The lowest BCUT2D eigenvalue weighted by molar-refractivity contribution is 0.0958. The second-order valence-electron chi connectivity index (χ2n) is 2.47. The number of hydrogen-bond acceptors (Lipinski definition) is 1. The molecule has 1 heteroatoms. The van der Waals surface area contributed by atoms with Gasteiger partial charge >= 0.3 is 0 Å². The predicted molar refractivity (Wildman–Crippen MR) is 43.8 cm³/mol. The molecule has 0 aliphatic carbocycles. The SMILES string of the molecule is [CH]=CCC(CCCC)OC. The van der Waals surface area contributed by atoms with Crippen LogP contribution in [0, 0.1) is 6.58 Å². The van der Waals surface area contributed by atoms with Gasteiger partial charge in [-0.05, 0) is 12.8 Å². The highest BCUT2D eigenvalue weighted by atomic mass is 16.5. The number of hydrogen-bond donors (Lipinski definition) is 0. The van der Waals surface area contributed by atoms with Crippen molar-refractivity contribution in [2.75, 3.05) is 7.11 Å². The van der Waals surface area contributed by atoms with E-state index in [1.807, 2.05) is 0 Å². The Kier molecular flexibility index (Phi) is 6.61. The minimum atomic E-state index is 0.338. The van der Waals surface area contributed by atoms with E-state index in [1.54, 1.807) is 13.2 Å². The summed E-state index contributed by atoms with van der Waals surface area (Å²) in [5, 5.41) is 0. The highest BCUT2D eigenvalue weighted by molar-refractivity contribution is 4.70. The van der Waals surface area contributed by atoms with Crippen LogP contribution in [0.15, 0.2) is 6.08 Å². The van der Waals surface area contributed by atoms with Crippen LogP contribution >= 0.6 is 0 Å². The molecule has 59 valence electrons. The number of unbranched alkanes of at least 4 members (excludes halogenated alkanes) is 1. The minimum Gasteiger partial charge on any atom is -0.381 e. The first kappa shape index (κ1) is 9.70. The van der Waals surface area contributed by atoms with Gasteiger partial charge < -0.3 is 4.74 Å². The molecule has 0 aliphatic heterocycles. The number of methoxy groups -OCH3 is 1. The monoisotopic (exact) mass is 141 g/mol. The third-order valence-electron chi connectivity index (χ3n) is 1.61. The predicted octanol–water partition coefficient (Wildman–Crippen LogP) is 2.57. The van der Waals surface area contributed by atoms with E-state index in [1.165, 1.54) is 12.8 Å². The van der Waals surface area contributed by atoms with Crippen LogP contribution in [0.25, 0.3) is 0 Å². The lowest BCUT2D eigenvalue weighted by atomic mass is 10.1. The first-order valence-corrected chi connectivity index (χ1v) is 3.91. The van der Waals surface area contributed by atoms with Crippen molar-refractivity contribution < 1.29 is 4.74 Å². The molecule has 0 N–H and O–H groups in total. The zero-order valence-corrected chi connectivity index (χ0v) is 6.97. The summed E-state index contributed by atoms with van der Waals surface area (Å²) in [6, 6.07) is 0. The van der Waals surface area contributed by atoms with Crippen molar-refractivity contribution >= 4 is 0 Å². The fourth-order valence-corrected chi connectivity index (χ4v) is 0.916. The summed E-state index contributed by atoms with van der Waals surface area (Å²) in [5.74, 6) is 0. The molecule has 0 fully saturated rings. The zero-order valence-electron chi connectivity index (χ0n) is 6.97. The van der Waals surface area contributed by atoms with Gasteiger partial charge in [-0.25, -0.2) is 0 Å². The van der Waals surface area contributed by atoms with Crippen LogP contribution in [0.3, 0.4) is 0 Å². The van der Waals surface area contributed by atoms with E-state index >= 15 is 0 Å². The first-order valence-electron chi connectivity index (χ1n) is 3.91. The van der Waals surface area contributed by atoms with E-state index in [0.717, 1.165) is 12.8 Å². The average molecular weight is 141 g/mol. The van der Waals surface area contributed by atoms with Crippen molar-refractivity contribution in [2.45, 2.75) is 38.7 Å². The van der Waals surface area contributed by atoms with Crippen LogP contribution in [0.2, 0.25) is 0 Å². The molecule has 0 bridgehead atoms. The van der Waals surface area contributed by atoms with Gasteiger partial charge in [0.2, 0.25) is 0 Å². The Morgan fingerprint density at radius 1 is 1.60 bits per heavy atom. The van der Waals surface area contributed by atoms with Gasteiger partial charge in [-0.1, -0.05) is 32.4 Å². The van der Waals surface area contributed by atoms with Crippen LogP contribution in [-0.4, -0.2) is 13.2 Å². The molecule has 1 atom stereocenters. The molecule has 0 rings (SSSR count). The van der Waals surface area contributed by atoms with Gasteiger partial charge in [0, 0.05) is 7.11 Å². The molecule has 10 heavy (non-hydrogen) atoms. The zero-order chi connectivity index (χ0) is 7.82.